The van der Waals surface area contributed by atoms with Gasteiger partial charge in [0.05, 0.1) is 13.2 Å². The van der Waals surface area contributed by atoms with E-state index in [0.29, 0.717) is 17.9 Å². The number of ether oxygens (including phenoxy) is 3. The van der Waals surface area contributed by atoms with E-state index in [1.807, 2.05) is 91.0 Å². The molecule has 0 amide bonds. The molecule has 33 heavy (non-hydrogen) atoms. The van der Waals surface area contributed by atoms with E-state index in [-0.39, 0.29) is 37.1 Å². The third kappa shape index (κ3) is 6.05. The first kappa shape index (κ1) is 22.2. The van der Waals surface area contributed by atoms with E-state index in [9.17, 15) is 10.2 Å². The molecular weight excluding hydrogens is 416 g/mol. The molecular formula is C28H26O5. The molecule has 0 spiro atoms. The second kappa shape index (κ2) is 11.1. The highest BCUT2D eigenvalue weighted by Crippen LogP contribution is 2.46. The summed E-state index contributed by atoms with van der Waals surface area (Å²) in [6.07, 6.45) is 0. The maximum absolute atomic E-state index is 10.6. The third-order valence-corrected chi connectivity index (χ3v) is 5.09. The Morgan fingerprint density at radius 1 is 0.515 bits per heavy atom. The Hall–Kier alpha value is -3.96. The fourth-order valence-electron chi connectivity index (χ4n) is 3.38. The monoisotopic (exact) mass is 442 g/mol. The van der Waals surface area contributed by atoms with Crippen LogP contribution in [-0.2, 0) is 31.2 Å². The topological polar surface area (TPSA) is 68.2 Å². The Bertz CT molecular complexity index is 1150. The molecule has 4 aromatic rings. The molecule has 5 nitrogen and oxygen atoms in total. The number of rotatable bonds is 10. The Labute approximate surface area is 193 Å². The molecule has 0 aliphatic carbocycles. The van der Waals surface area contributed by atoms with Crippen LogP contribution in [0.5, 0.6) is 23.0 Å². The SMILES string of the molecule is Oc1cc(COCc2ccccc2)c(OCc2ccccc2)c(OCc2ccccc2)c1O. The molecule has 0 radical (unpaired) electrons. The van der Waals surface area contributed by atoms with Crippen molar-refractivity contribution >= 4 is 0 Å². The van der Waals surface area contributed by atoms with Crippen LogP contribution in [-0.4, -0.2) is 10.2 Å². The predicted molar refractivity (Wildman–Crippen MR) is 126 cm³/mol. The second-order valence-corrected chi connectivity index (χ2v) is 7.59. The van der Waals surface area contributed by atoms with E-state index < -0.39 is 0 Å². The normalized spacial score (nSPS) is 10.7. The van der Waals surface area contributed by atoms with Gasteiger partial charge in [-0.05, 0) is 22.8 Å². The zero-order valence-electron chi connectivity index (χ0n) is 18.2. The number of aromatic hydroxyl groups is 2. The molecule has 0 heterocycles. The largest absolute Gasteiger partial charge is 0.504 e. The molecule has 0 atom stereocenters. The molecule has 0 saturated carbocycles. The van der Waals surface area contributed by atoms with Crippen LogP contribution >= 0.6 is 0 Å². The fourth-order valence-corrected chi connectivity index (χ4v) is 3.38. The summed E-state index contributed by atoms with van der Waals surface area (Å²) in [5.41, 5.74) is 3.51. The molecule has 0 aliphatic heterocycles. The highest BCUT2D eigenvalue weighted by atomic mass is 16.5. The van der Waals surface area contributed by atoms with Gasteiger partial charge in [-0.3, -0.25) is 0 Å². The van der Waals surface area contributed by atoms with Crippen LogP contribution in [0, 0.1) is 0 Å². The van der Waals surface area contributed by atoms with Crippen molar-refractivity contribution in [1.82, 2.24) is 0 Å². The summed E-state index contributed by atoms with van der Waals surface area (Å²) >= 11 is 0. The summed E-state index contributed by atoms with van der Waals surface area (Å²) in [4.78, 5) is 0. The summed E-state index contributed by atoms with van der Waals surface area (Å²) in [5, 5.41) is 20.9. The van der Waals surface area contributed by atoms with Gasteiger partial charge in [-0.2, -0.15) is 0 Å². The van der Waals surface area contributed by atoms with Crippen LogP contribution in [0.4, 0.5) is 0 Å². The lowest BCUT2D eigenvalue weighted by Gasteiger charge is -2.19. The molecule has 4 aromatic carbocycles. The van der Waals surface area contributed by atoms with Gasteiger partial charge < -0.3 is 24.4 Å². The van der Waals surface area contributed by atoms with Crippen LogP contribution in [0.25, 0.3) is 0 Å². The van der Waals surface area contributed by atoms with Gasteiger partial charge in [-0.1, -0.05) is 91.0 Å². The van der Waals surface area contributed by atoms with Gasteiger partial charge in [-0.15, -0.1) is 0 Å². The molecule has 0 aliphatic rings. The number of hydrogen-bond donors (Lipinski definition) is 2. The second-order valence-electron chi connectivity index (χ2n) is 7.59. The first-order valence-electron chi connectivity index (χ1n) is 10.7. The molecule has 4 rings (SSSR count). The molecule has 0 saturated heterocycles. The average molecular weight is 443 g/mol. The van der Waals surface area contributed by atoms with Crippen molar-refractivity contribution in [3.05, 3.63) is 119 Å². The molecule has 0 fully saturated rings. The van der Waals surface area contributed by atoms with Crippen molar-refractivity contribution in [1.29, 1.82) is 0 Å². The van der Waals surface area contributed by atoms with Gasteiger partial charge in [0.25, 0.3) is 0 Å². The van der Waals surface area contributed by atoms with Gasteiger partial charge in [0.1, 0.15) is 13.2 Å². The lowest BCUT2D eigenvalue weighted by atomic mass is 10.1. The Balaban J connectivity index is 1.58. The quantitative estimate of drug-likeness (QED) is 0.296. The average Bonchev–Trinajstić information content (AvgIpc) is 2.86. The minimum absolute atomic E-state index is 0.0908. The highest BCUT2D eigenvalue weighted by molar-refractivity contribution is 5.61. The molecule has 0 unspecified atom stereocenters. The maximum Gasteiger partial charge on any atom is 0.208 e. The summed E-state index contributed by atoms with van der Waals surface area (Å²) in [7, 11) is 0. The molecule has 0 bridgehead atoms. The summed E-state index contributed by atoms with van der Waals surface area (Å²) in [6, 6.07) is 30.6. The zero-order valence-corrected chi connectivity index (χ0v) is 18.2. The van der Waals surface area contributed by atoms with Crippen LogP contribution < -0.4 is 9.47 Å². The lowest BCUT2D eigenvalue weighted by molar-refractivity contribution is 0.103. The van der Waals surface area contributed by atoms with Crippen molar-refractivity contribution in [2.75, 3.05) is 0 Å². The Morgan fingerprint density at radius 2 is 0.970 bits per heavy atom. The third-order valence-electron chi connectivity index (χ3n) is 5.09. The smallest absolute Gasteiger partial charge is 0.208 e. The van der Waals surface area contributed by atoms with E-state index in [0.717, 1.165) is 16.7 Å². The molecule has 168 valence electrons. The van der Waals surface area contributed by atoms with E-state index in [4.69, 9.17) is 14.2 Å². The summed E-state index contributed by atoms with van der Waals surface area (Å²) in [5.74, 6) is -0.213. The minimum Gasteiger partial charge on any atom is -0.504 e. The first-order chi connectivity index (χ1) is 16.2. The first-order valence-corrected chi connectivity index (χ1v) is 10.7. The molecule has 2 N–H and O–H groups in total. The Morgan fingerprint density at radius 3 is 1.48 bits per heavy atom. The van der Waals surface area contributed by atoms with Crippen LogP contribution in [0.3, 0.4) is 0 Å². The summed E-state index contributed by atoms with van der Waals surface area (Å²) in [6.45, 7) is 1.07. The fraction of sp³-hybridized carbons (Fsp3) is 0.143. The van der Waals surface area contributed by atoms with Gasteiger partial charge >= 0.3 is 0 Å². The van der Waals surface area contributed by atoms with E-state index >= 15 is 0 Å². The minimum atomic E-state index is -0.360. The van der Waals surface area contributed by atoms with Gasteiger partial charge in [0.15, 0.2) is 11.5 Å². The van der Waals surface area contributed by atoms with Gasteiger partial charge in [0, 0.05) is 5.56 Å². The number of benzene rings is 4. The highest BCUT2D eigenvalue weighted by Gasteiger charge is 2.21. The van der Waals surface area contributed by atoms with Crippen molar-refractivity contribution in [2.24, 2.45) is 0 Å². The van der Waals surface area contributed by atoms with E-state index in [2.05, 4.69) is 0 Å². The maximum atomic E-state index is 10.6. The Kier molecular flexibility index (Phi) is 7.46. The predicted octanol–water partition coefficient (Wildman–Crippen LogP) is 5.97. The van der Waals surface area contributed by atoms with Crippen LogP contribution in [0.2, 0.25) is 0 Å². The molecule has 5 heteroatoms. The van der Waals surface area contributed by atoms with Gasteiger partial charge in [0.2, 0.25) is 11.5 Å². The van der Waals surface area contributed by atoms with Crippen molar-refractivity contribution in [3.63, 3.8) is 0 Å². The van der Waals surface area contributed by atoms with Crippen LogP contribution in [0.15, 0.2) is 97.1 Å². The number of hydrogen-bond acceptors (Lipinski definition) is 5. The van der Waals surface area contributed by atoms with Crippen molar-refractivity contribution < 1.29 is 24.4 Å². The van der Waals surface area contributed by atoms with E-state index in [1.54, 1.807) is 0 Å². The van der Waals surface area contributed by atoms with Crippen LogP contribution in [0.1, 0.15) is 22.3 Å². The zero-order chi connectivity index (χ0) is 22.9. The standard InChI is InChI=1S/C28H26O5/c29-25-16-24(20-31-17-21-10-4-1-5-11-21)27(32-18-22-12-6-2-7-13-22)28(26(25)30)33-19-23-14-8-3-9-15-23/h1-16,29-30H,17-20H2. The van der Waals surface area contributed by atoms with Crippen molar-refractivity contribution in [2.45, 2.75) is 26.4 Å². The van der Waals surface area contributed by atoms with Crippen molar-refractivity contribution in [3.8, 4) is 23.0 Å². The van der Waals surface area contributed by atoms with Gasteiger partial charge in [-0.25, -0.2) is 0 Å². The summed E-state index contributed by atoms with van der Waals surface area (Å²) < 4.78 is 17.9. The number of phenols is 2. The van der Waals surface area contributed by atoms with E-state index in [1.165, 1.54) is 6.07 Å². The number of phenolic OH excluding ortho intramolecular Hbond substituents is 2. The molecule has 0 aromatic heterocycles. The lowest BCUT2D eigenvalue weighted by Crippen LogP contribution is -2.05.